The highest BCUT2D eigenvalue weighted by atomic mass is 32.1. The second-order valence-corrected chi connectivity index (χ2v) is 5.14. The van der Waals surface area contributed by atoms with Gasteiger partial charge in [0.2, 0.25) is 0 Å². The van der Waals surface area contributed by atoms with Crippen LogP contribution in [0.3, 0.4) is 0 Å². The molecule has 2 nitrogen and oxygen atoms in total. The Balaban J connectivity index is 1.85. The first-order chi connectivity index (χ1) is 8.28. The molecule has 0 spiro atoms. The SMILES string of the molecule is Cc1cccc(CNCc2ccc(C#N)s2)c1. The summed E-state index contributed by atoms with van der Waals surface area (Å²) in [5.41, 5.74) is 2.58. The third-order valence-corrected chi connectivity index (χ3v) is 3.47. The number of benzene rings is 1. The van der Waals surface area contributed by atoms with Gasteiger partial charge in [0.05, 0.1) is 0 Å². The summed E-state index contributed by atoms with van der Waals surface area (Å²) >= 11 is 1.55. The molecule has 0 bridgehead atoms. The van der Waals surface area contributed by atoms with Gasteiger partial charge in [-0.05, 0) is 24.6 Å². The summed E-state index contributed by atoms with van der Waals surface area (Å²) < 4.78 is 0. The van der Waals surface area contributed by atoms with Gasteiger partial charge in [0.15, 0.2) is 0 Å². The molecule has 0 radical (unpaired) electrons. The zero-order valence-electron chi connectivity index (χ0n) is 9.73. The van der Waals surface area contributed by atoms with Crippen LogP contribution in [0, 0.1) is 18.3 Å². The van der Waals surface area contributed by atoms with Crippen molar-refractivity contribution in [2.24, 2.45) is 0 Å². The van der Waals surface area contributed by atoms with Gasteiger partial charge in [-0.25, -0.2) is 0 Å². The van der Waals surface area contributed by atoms with Crippen LogP contribution in [-0.4, -0.2) is 0 Å². The molecule has 2 aromatic rings. The van der Waals surface area contributed by atoms with Crippen molar-refractivity contribution < 1.29 is 0 Å². The van der Waals surface area contributed by atoms with E-state index in [4.69, 9.17) is 5.26 Å². The van der Waals surface area contributed by atoms with E-state index in [1.165, 1.54) is 16.0 Å². The number of nitrogens with one attached hydrogen (secondary N) is 1. The third-order valence-electron chi connectivity index (χ3n) is 2.48. The van der Waals surface area contributed by atoms with Crippen molar-refractivity contribution in [3.63, 3.8) is 0 Å². The van der Waals surface area contributed by atoms with Crippen LogP contribution in [0.15, 0.2) is 36.4 Å². The first kappa shape index (κ1) is 11.8. The summed E-state index contributed by atoms with van der Waals surface area (Å²) in [5.74, 6) is 0. The number of aryl methyl sites for hydroxylation is 1. The van der Waals surface area contributed by atoms with Crippen molar-refractivity contribution in [3.05, 3.63) is 57.3 Å². The molecule has 0 fully saturated rings. The number of thiophene rings is 1. The Bertz CT molecular complexity index is 537. The Morgan fingerprint density at radius 3 is 2.82 bits per heavy atom. The Hall–Kier alpha value is -1.63. The van der Waals surface area contributed by atoms with Crippen LogP contribution in [0.5, 0.6) is 0 Å². The fourth-order valence-electron chi connectivity index (χ4n) is 1.69. The summed E-state index contributed by atoms with van der Waals surface area (Å²) in [7, 11) is 0. The molecule has 0 unspecified atom stereocenters. The predicted molar refractivity (Wildman–Crippen MR) is 70.8 cm³/mol. The van der Waals surface area contributed by atoms with E-state index >= 15 is 0 Å². The molecule has 86 valence electrons. The fraction of sp³-hybridized carbons (Fsp3) is 0.214. The highest BCUT2D eigenvalue weighted by Gasteiger charge is 1.99. The van der Waals surface area contributed by atoms with Gasteiger partial charge in [0.25, 0.3) is 0 Å². The third kappa shape index (κ3) is 3.42. The highest BCUT2D eigenvalue weighted by molar-refractivity contribution is 7.12. The lowest BCUT2D eigenvalue weighted by molar-refractivity contribution is 0.700. The van der Waals surface area contributed by atoms with Crippen LogP contribution >= 0.6 is 11.3 Å². The highest BCUT2D eigenvalue weighted by Crippen LogP contribution is 2.15. The Kier molecular flexibility index (Phi) is 3.92. The van der Waals surface area contributed by atoms with Gasteiger partial charge in [0.1, 0.15) is 10.9 Å². The molecule has 2 rings (SSSR count). The van der Waals surface area contributed by atoms with Crippen molar-refractivity contribution in [1.82, 2.24) is 5.32 Å². The molecule has 0 aliphatic carbocycles. The van der Waals surface area contributed by atoms with Crippen molar-refractivity contribution >= 4 is 11.3 Å². The molecule has 0 saturated heterocycles. The lowest BCUT2D eigenvalue weighted by atomic mass is 10.1. The minimum atomic E-state index is 0.775. The molecule has 1 heterocycles. The maximum Gasteiger partial charge on any atom is 0.110 e. The molecular weight excluding hydrogens is 228 g/mol. The standard InChI is InChI=1S/C14H14N2S/c1-11-3-2-4-12(7-11)9-16-10-14-6-5-13(8-15)17-14/h2-7,16H,9-10H2,1H3. The zero-order valence-corrected chi connectivity index (χ0v) is 10.6. The van der Waals surface area contributed by atoms with Crippen LogP contribution in [0.4, 0.5) is 0 Å². The first-order valence-corrected chi connectivity index (χ1v) is 6.34. The average Bonchev–Trinajstić information content (AvgIpc) is 2.77. The molecule has 1 N–H and O–H groups in total. The topological polar surface area (TPSA) is 35.8 Å². The van der Waals surface area contributed by atoms with Gasteiger partial charge in [-0.15, -0.1) is 11.3 Å². The van der Waals surface area contributed by atoms with Crippen LogP contribution in [0.25, 0.3) is 0 Å². The molecule has 1 aromatic carbocycles. The molecule has 0 amide bonds. The molecule has 0 aliphatic rings. The van der Waals surface area contributed by atoms with Gasteiger partial charge in [0, 0.05) is 18.0 Å². The van der Waals surface area contributed by atoms with Crippen LogP contribution in [-0.2, 0) is 13.1 Å². The second-order valence-electron chi connectivity index (χ2n) is 3.97. The maximum absolute atomic E-state index is 8.72. The molecule has 1 aromatic heterocycles. The summed E-state index contributed by atoms with van der Waals surface area (Å²) in [6, 6.07) is 14.5. The number of nitrogens with zero attached hydrogens (tertiary/aromatic N) is 1. The minimum Gasteiger partial charge on any atom is -0.308 e. The van der Waals surface area contributed by atoms with Crippen molar-refractivity contribution in [2.75, 3.05) is 0 Å². The Labute approximate surface area is 106 Å². The van der Waals surface area contributed by atoms with E-state index in [1.54, 1.807) is 11.3 Å². The van der Waals surface area contributed by atoms with Crippen molar-refractivity contribution in [3.8, 4) is 6.07 Å². The summed E-state index contributed by atoms with van der Waals surface area (Å²) in [4.78, 5) is 1.98. The van der Waals surface area contributed by atoms with Gasteiger partial charge in [-0.3, -0.25) is 0 Å². The predicted octanol–water partition coefficient (Wildman–Crippen LogP) is 3.22. The van der Waals surface area contributed by atoms with Crippen LogP contribution in [0.2, 0.25) is 0 Å². The molecule has 0 atom stereocenters. The second kappa shape index (κ2) is 5.62. The van der Waals surface area contributed by atoms with E-state index in [0.717, 1.165) is 18.0 Å². The quantitative estimate of drug-likeness (QED) is 0.893. The molecular formula is C14H14N2S. The van der Waals surface area contributed by atoms with E-state index in [0.29, 0.717) is 0 Å². The van der Waals surface area contributed by atoms with E-state index < -0.39 is 0 Å². The molecule has 0 aliphatic heterocycles. The average molecular weight is 242 g/mol. The van der Waals surface area contributed by atoms with E-state index in [-0.39, 0.29) is 0 Å². The molecule has 3 heteroatoms. The van der Waals surface area contributed by atoms with E-state index in [9.17, 15) is 0 Å². The lowest BCUT2D eigenvalue weighted by Crippen LogP contribution is -2.11. The van der Waals surface area contributed by atoms with Crippen LogP contribution in [0.1, 0.15) is 20.9 Å². The van der Waals surface area contributed by atoms with Crippen molar-refractivity contribution in [2.45, 2.75) is 20.0 Å². The maximum atomic E-state index is 8.72. The number of hydrogen-bond acceptors (Lipinski definition) is 3. The number of hydrogen-bond donors (Lipinski definition) is 1. The first-order valence-electron chi connectivity index (χ1n) is 5.53. The number of nitriles is 1. The van der Waals surface area contributed by atoms with Gasteiger partial charge in [-0.1, -0.05) is 29.8 Å². The van der Waals surface area contributed by atoms with E-state index in [1.807, 2.05) is 12.1 Å². The van der Waals surface area contributed by atoms with Crippen molar-refractivity contribution in [1.29, 1.82) is 5.26 Å². The molecule has 0 saturated carbocycles. The van der Waals surface area contributed by atoms with E-state index in [2.05, 4.69) is 42.6 Å². The normalized spacial score (nSPS) is 10.1. The summed E-state index contributed by atoms with van der Waals surface area (Å²) in [6.07, 6.45) is 0. The smallest absolute Gasteiger partial charge is 0.110 e. The van der Waals surface area contributed by atoms with Gasteiger partial charge >= 0.3 is 0 Å². The van der Waals surface area contributed by atoms with Gasteiger partial charge < -0.3 is 5.32 Å². The number of rotatable bonds is 4. The van der Waals surface area contributed by atoms with Gasteiger partial charge in [-0.2, -0.15) is 5.26 Å². The summed E-state index contributed by atoms with van der Waals surface area (Å²) in [5, 5.41) is 12.1. The minimum absolute atomic E-state index is 0.775. The monoisotopic (exact) mass is 242 g/mol. The Morgan fingerprint density at radius 1 is 1.24 bits per heavy atom. The zero-order chi connectivity index (χ0) is 12.1. The summed E-state index contributed by atoms with van der Waals surface area (Å²) in [6.45, 7) is 3.78. The Morgan fingerprint density at radius 2 is 2.12 bits per heavy atom. The lowest BCUT2D eigenvalue weighted by Gasteiger charge is -2.04. The fourth-order valence-corrected chi connectivity index (χ4v) is 2.46. The largest absolute Gasteiger partial charge is 0.308 e. The van der Waals surface area contributed by atoms with Crippen LogP contribution < -0.4 is 5.32 Å². The molecule has 17 heavy (non-hydrogen) atoms.